The first-order valence-corrected chi connectivity index (χ1v) is 9.41. The molecule has 12 heteroatoms. The minimum absolute atomic E-state index is 0.00431. The molecule has 1 aliphatic heterocycles. The zero-order chi connectivity index (χ0) is 21.8. The maximum Gasteiger partial charge on any atom is 0.433 e. The number of aromatic nitrogens is 5. The number of pyridine rings is 2. The quantitative estimate of drug-likeness (QED) is 0.446. The van der Waals surface area contributed by atoms with Crippen molar-refractivity contribution in [1.82, 2.24) is 24.9 Å². The number of hydrogen-bond acceptors (Lipinski definition) is 8. The Hall–Kier alpha value is -3.41. The van der Waals surface area contributed by atoms with Gasteiger partial charge in [0.25, 0.3) is 0 Å². The van der Waals surface area contributed by atoms with Crippen LogP contribution in [0.25, 0.3) is 11.5 Å². The Morgan fingerprint density at radius 2 is 1.90 bits per heavy atom. The van der Waals surface area contributed by atoms with Crippen molar-refractivity contribution in [3.63, 3.8) is 0 Å². The second-order valence-corrected chi connectivity index (χ2v) is 6.72. The smallest absolute Gasteiger partial charge is 0.376 e. The van der Waals surface area contributed by atoms with E-state index in [2.05, 4.69) is 35.6 Å². The number of nitrogens with one attached hydrogen (secondary N) is 2. The van der Waals surface area contributed by atoms with Crippen LogP contribution in [-0.2, 0) is 10.9 Å². The zero-order valence-corrected chi connectivity index (χ0v) is 16.0. The van der Waals surface area contributed by atoms with Crippen LogP contribution in [0.15, 0.2) is 36.5 Å². The van der Waals surface area contributed by atoms with Crippen molar-refractivity contribution in [1.29, 1.82) is 0 Å². The molecule has 2 N–H and O–H groups in total. The summed E-state index contributed by atoms with van der Waals surface area (Å²) in [6.45, 7) is 1.09. The molecule has 0 aromatic carbocycles. The minimum atomic E-state index is -4.61. The Morgan fingerprint density at radius 3 is 2.65 bits per heavy atom. The van der Waals surface area contributed by atoms with Crippen molar-refractivity contribution in [3.05, 3.63) is 48.2 Å². The highest BCUT2D eigenvalue weighted by Crippen LogP contribution is 2.29. The SMILES string of the molecule is Fc1cc(Nc2nc(NC[C@@H]3CCCO3)nc(-c3cccc(C(F)(F)F)n3)n2)ccn1. The van der Waals surface area contributed by atoms with Crippen molar-refractivity contribution in [2.24, 2.45) is 0 Å². The van der Waals surface area contributed by atoms with Crippen LogP contribution in [0.1, 0.15) is 18.5 Å². The summed E-state index contributed by atoms with van der Waals surface area (Å²) in [5.41, 5.74) is -0.835. The molecule has 0 spiro atoms. The van der Waals surface area contributed by atoms with Gasteiger partial charge in [-0.05, 0) is 31.0 Å². The van der Waals surface area contributed by atoms with E-state index in [9.17, 15) is 17.6 Å². The first-order valence-electron chi connectivity index (χ1n) is 9.41. The Balaban J connectivity index is 1.66. The molecule has 1 fully saturated rings. The van der Waals surface area contributed by atoms with Crippen LogP contribution < -0.4 is 10.6 Å². The second kappa shape index (κ2) is 8.76. The minimum Gasteiger partial charge on any atom is -0.376 e. The van der Waals surface area contributed by atoms with Crippen LogP contribution in [0.3, 0.4) is 0 Å². The predicted molar refractivity (Wildman–Crippen MR) is 103 cm³/mol. The fourth-order valence-electron chi connectivity index (χ4n) is 2.96. The summed E-state index contributed by atoms with van der Waals surface area (Å²) in [4.78, 5) is 19.7. The molecule has 4 heterocycles. The van der Waals surface area contributed by atoms with Gasteiger partial charge in [0.15, 0.2) is 5.82 Å². The van der Waals surface area contributed by atoms with Gasteiger partial charge >= 0.3 is 6.18 Å². The van der Waals surface area contributed by atoms with E-state index in [0.29, 0.717) is 18.8 Å². The number of alkyl halides is 3. The maximum absolute atomic E-state index is 13.4. The standard InChI is InChI=1S/C19H17F4N7O/c20-15-9-11(6-7-24-15)26-18-29-16(13-4-1-5-14(27-13)19(21,22)23)28-17(30-18)25-10-12-3-2-8-31-12/h1,4-7,9,12H,2-3,8,10H2,(H2,24,25,26,28,29,30)/t12-/m0/s1. The van der Waals surface area contributed by atoms with Gasteiger partial charge in [-0.2, -0.15) is 32.5 Å². The lowest BCUT2D eigenvalue weighted by Gasteiger charge is -2.13. The van der Waals surface area contributed by atoms with Gasteiger partial charge in [0.05, 0.1) is 6.10 Å². The summed E-state index contributed by atoms with van der Waals surface area (Å²) < 4.78 is 58.1. The van der Waals surface area contributed by atoms with E-state index >= 15 is 0 Å². The normalized spacial score (nSPS) is 16.3. The molecule has 0 bridgehead atoms. The Labute approximate surface area is 174 Å². The first-order chi connectivity index (χ1) is 14.9. The number of nitrogens with zero attached hydrogens (tertiary/aromatic N) is 5. The number of anilines is 3. The van der Waals surface area contributed by atoms with Crippen LogP contribution in [0.4, 0.5) is 35.1 Å². The fourth-order valence-corrected chi connectivity index (χ4v) is 2.96. The Bertz CT molecular complexity index is 1060. The van der Waals surface area contributed by atoms with E-state index in [4.69, 9.17) is 4.74 Å². The van der Waals surface area contributed by atoms with Crippen molar-refractivity contribution in [3.8, 4) is 11.5 Å². The molecule has 0 saturated carbocycles. The molecule has 0 amide bonds. The molecule has 4 rings (SSSR count). The predicted octanol–water partition coefficient (Wildman–Crippen LogP) is 3.82. The fraction of sp³-hybridized carbons (Fsp3) is 0.316. The van der Waals surface area contributed by atoms with E-state index in [1.807, 2.05) is 0 Å². The average molecular weight is 435 g/mol. The largest absolute Gasteiger partial charge is 0.433 e. The monoisotopic (exact) mass is 435 g/mol. The van der Waals surface area contributed by atoms with E-state index < -0.39 is 17.8 Å². The molecular weight excluding hydrogens is 418 g/mol. The van der Waals surface area contributed by atoms with Gasteiger partial charge in [-0.25, -0.2) is 9.97 Å². The molecule has 0 radical (unpaired) electrons. The van der Waals surface area contributed by atoms with Crippen molar-refractivity contribution >= 4 is 17.6 Å². The summed E-state index contributed by atoms with van der Waals surface area (Å²) >= 11 is 0. The topological polar surface area (TPSA) is 97.7 Å². The summed E-state index contributed by atoms with van der Waals surface area (Å²) in [7, 11) is 0. The molecule has 0 aliphatic carbocycles. The number of ether oxygens (including phenoxy) is 1. The maximum atomic E-state index is 13.4. The van der Waals surface area contributed by atoms with Gasteiger partial charge < -0.3 is 15.4 Å². The van der Waals surface area contributed by atoms with E-state index in [0.717, 1.165) is 25.0 Å². The molecule has 3 aromatic heterocycles. The van der Waals surface area contributed by atoms with Crippen molar-refractivity contribution < 1.29 is 22.3 Å². The molecule has 1 aliphatic rings. The molecule has 0 unspecified atom stereocenters. The highest BCUT2D eigenvalue weighted by Gasteiger charge is 2.32. The molecule has 3 aromatic rings. The Kier molecular flexibility index (Phi) is 5.89. The molecule has 8 nitrogen and oxygen atoms in total. The van der Waals surface area contributed by atoms with Gasteiger partial charge in [0.1, 0.15) is 11.4 Å². The third kappa shape index (κ3) is 5.40. The van der Waals surface area contributed by atoms with Crippen LogP contribution >= 0.6 is 0 Å². The van der Waals surface area contributed by atoms with Gasteiger partial charge in [0.2, 0.25) is 17.8 Å². The first kappa shape index (κ1) is 20.8. The molecule has 31 heavy (non-hydrogen) atoms. The van der Waals surface area contributed by atoms with Gasteiger partial charge in [-0.15, -0.1) is 0 Å². The average Bonchev–Trinajstić information content (AvgIpc) is 3.25. The highest BCUT2D eigenvalue weighted by atomic mass is 19.4. The van der Waals surface area contributed by atoms with E-state index in [1.54, 1.807) is 0 Å². The van der Waals surface area contributed by atoms with Crippen molar-refractivity contribution in [2.45, 2.75) is 25.1 Å². The number of hydrogen-bond donors (Lipinski definition) is 2. The highest BCUT2D eigenvalue weighted by molar-refractivity contribution is 5.58. The Morgan fingerprint density at radius 1 is 1.06 bits per heavy atom. The molecular formula is C19H17F4N7O. The molecule has 1 atom stereocenters. The van der Waals surface area contributed by atoms with Crippen LogP contribution in [0.5, 0.6) is 0 Å². The third-order valence-corrected chi connectivity index (χ3v) is 4.40. The lowest BCUT2D eigenvalue weighted by atomic mass is 10.2. The lowest BCUT2D eigenvalue weighted by Crippen LogP contribution is -2.20. The van der Waals surface area contributed by atoms with Gasteiger partial charge in [-0.3, -0.25) is 0 Å². The van der Waals surface area contributed by atoms with Crippen LogP contribution in [0.2, 0.25) is 0 Å². The third-order valence-electron chi connectivity index (χ3n) is 4.40. The van der Waals surface area contributed by atoms with E-state index in [1.165, 1.54) is 24.4 Å². The molecule has 162 valence electrons. The summed E-state index contributed by atoms with van der Waals surface area (Å²) in [6, 6.07) is 6.07. The summed E-state index contributed by atoms with van der Waals surface area (Å²) in [6.07, 6.45) is -1.55. The lowest BCUT2D eigenvalue weighted by molar-refractivity contribution is -0.141. The van der Waals surface area contributed by atoms with Crippen molar-refractivity contribution in [2.75, 3.05) is 23.8 Å². The van der Waals surface area contributed by atoms with Crippen LogP contribution in [-0.4, -0.2) is 44.2 Å². The van der Waals surface area contributed by atoms with E-state index in [-0.39, 0.29) is 29.5 Å². The molecule has 1 saturated heterocycles. The summed E-state index contributed by atoms with van der Waals surface area (Å²) in [5, 5.41) is 5.82. The number of halogens is 4. The second-order valence-electron chi connectivity index (χ2n) is 6.72. The van der Waals surface area contributed by atoms with Gasteiger partial charge in [0, 0.05) is 31.1 Å². The number of rotatable bonds is 6. The zero-order valence-electron chi connectivity index (χ0n) is 16.0. The van der Waals surface area contributed by atoms with Crippen LogP contribution in [0, 0.1) is 5.95 Å². The van der Waals surface area contributed by atoms with Gasteiger partial charge in [-0.1, -0.05) is 6.07 Å². The summed E-state index contributed by atoms with van der Waals surface area (Å²) in [5.74, 6) is -0.662.